The lowest BCUT2D eigenvalue weighted by molar-refractivity contribution is -0.136. The van der Waals surface area contributed by atoms with Gasteiger partial charge < -0.3 is 10.2 Å². The zero-order chi connectivity index (χ0) is 16.4. The van der Waals surface area contributed by atoms with Crippen LogP contribution in [0, 0.1) is 6.92 Å². The third kappa shape index (κ3) is 3.54. The number of hydrogen-bond donors (Lipinski definition) is 1. The van der Waals surface area contributed by atoms with Crippen molar-refractivity contribution in [3.05, 3.63) is 11.8 Å². The smallest absolute Gasteiger partial charge is 0.245 e. The number of aromatic nitrogens is 2. The van der Waals surface area contributed by atoms with Crippen LogP contribution in [0.5, 0.6) is 0 Å². The molecular weight excluding hydrogens is 288 g/mol. The number of piperidine rings is 1. The summed E-state index contributed by atoms with van der Waals surface area (Å²) in [5.74, 6) is 1.08. The van der Waals surface area contributed by atoms with Crippen molar-refractivity contribution in [2.75, 3.05) is 11.9 Å². The second-order valence-corrected chi connectivity index (χ2v) is 7.37. The first-order valence-corrected chi connectivity index (χ1v) is 9.19. The van der Waals surface area contributed by atoms with Crippen LogP contribution in [0.3, 0.4) is 0 Å². The third-order valence-corrected chi connectivity index (χ3v) is 5.26. The Morgan fingerprint density at radius 1 is 1.17 bits per heavy atom. The van der Waals surface area contributed by atoms with Crippen LogP contribution in [-0.4, -0.2) is 39.2 Å². The van der Waals surface area contributed by atoms with Crippen molar-refractivity contribution in [2.24, 2.45) is 0 Å². The topological polar surface area (TPSA) is 50.2 Å². The van der Waals surface area contributed by atoms with Gasteiger partial charge in [-0.25, -0.2) is 0 Å². The summed E-state index contributed by atoms with van der Waals surface area (Å²) in [6.45, 7) is 7.17. The lowest BCUT2D eigenvalue weighted by Gasteiger charge is -2.35. The Kier molecular flexibility index (Phi) is 4.93. The molecule has 1 aliphatic heterocycles. The van der Waals surface area contributed by atoms with Crippen LogP contribution in [0.25, 0.3) is 0 Å². The van der Waals surface area contributed by atoms with Crippen LogP contribution in [0.2, 0.25) is 0 Å². The molecule has 1 amide bonds. The molecule has 2 aliphatic rings. The maximum absolute atomic E-state index is 12.6. The van der Waals surface area contributed by atoms with Gasteiger partial charge in [0.05, 0.1) is 6.04 Å². The van der Waals surface area contributed by atoms with Gasteiger partial charge in [-0.3, -0.25) is 9.48 Å². The van der Waals surface area contributed by atoms with E-state index in [0.717, 1.165) is 25.2 Å². The number of rotatable bonds is 4. The minimum absolute atomic E-state index is 0.125. The van der Waals surface area contributed by atoms with Gasteiger partial charge in [-0.15, -0.1) is 0 Å². The van der Waals surface area contributed by atoms with Crippen molar-refractivity contribution < 1.29 is 4.79 Å². The quantitative estimate of drug-likeness (QED) is 0.924. The Labute approximate surface area is 139 Å². The summed E-state index contributed by atoms with van der Waals surface area (Å²) in [6, 6.07) is 2.78. The zero-order valence-corrected chi connectivity index (χ0v) is 14.7. The maximum atomic E-state index is 12.6. The lowest BCUT2D eigenvalue weighted by Crippen LogP contribution is -2.50. The number of hydrogen-bond acceptors (Lipinski definition) is 3. The van der Waals surface area contributed by atoms with Gasteiger partial charge in [0, 0.05) is 24.3 Å². The molecule has 1 unspecified atom stereocenters. The number of aryl methyl sites for hydroxylation is 1. The van der Waals surface area contributed by atoms with Gasteiger partial charge in [-0.05, 0) is 46.5 Å². The number of carbonyl (C=O) groups is 1. The number of nitrogens with zero attached hydrogens (tertiary/aromatic N) is 3. The monoisotopic (exact) mass is 318 g/mol. The molecule has 5 heteroatoms. The first-order chi connectivity index (χ1) is 11.1. The van der Waals surface area contributed by atoms with E-state index in [0.29, 0.717) is 6.04 Å². The molecule has 1 N–H and O–H groups in total. The second kappa shape index (κ2) is 6.93. The number of carbonyl (C=O) groups excluding carboxylic acids is 1. The molecule has 5 nitrogen and oxygen atoms in total. The van der Waals surface area contributed by atoms with Crippen LogP contribution in [0.1, 0.15) is 70.5 Å². The van der Waals surface area contributed by atoms with Crippen LogP contribution in [-0.2, 0) is 4.79 Å². The maximum Gasteiger partial charge on any atom is 0.245 e. The summed E-state index contributed by atoms with van der Waals surface area (Å²) < 4.78 is 2.18. The Morgan fingerprint density at radius 3 is 2.61 bits per heavy atom. The molecule has 0 spiro atoms. The highest BCUT2D eigenvalue weighted by molar-refractivity contribution is 5.85. The Hall–Kier alpha value is -1.52. The Morgan fingerprint density at radius 2 is 1.91 bits per heavy atom. The average Bonchev–Trinajstić information content (AvgIpc) is 2.90. The van der Waals surface area contributed by atoms with E-state index in [4.69, 9.17) is 5.10 Å². The minimum Gasteiger partial charge on any atom is -0.357 e. The van der Waals surface area contributed by atoms with Gasteiger partial charge in [0.15, 0.2) is 0 Å². The molecule has 1 saturated heterocycles. The highest BCUT2D eigenvalue weighted by Crippen LogP contribution is 2.30. The number of anilines is 1. The van der Waals surface area contributed by atoms with E-state index < -0.39 is 0 Å². The van der Waals surface area contributed by atoms with E-state index in [2.05, 4.69) is 36.8 Å². The molecule has 1 aromatic rings. The predicted octanol–water partition coefficient (Wildman–Crippen LogP) is 3.51. The van der Waals surface area contributed by atoms with Gasteiger partial charge in [-0.1, -0.05) is 19.3 Å². The first-order valence-electron chi connectivity index (χ1n) is 9.19. The summed E-state index contributed by atoms with van der Waals surface area (Å²) in [6.07, 6.45) is 8.37. The highest BCUT2D eigenvalue weighted by atomic mass is 16.2. The number of likely N-dealkylation sites (tertiary alicyclic amines) is 1. The van der Waals surface area contributed by atoms with Crippen molar-refractivity contribution in [2.45, 2.75) is 83.8 Å². The molecule has 23 heavy (non-hydrogen) atoms. The normalized spacial score (nSPS) is 23.6. The zero-order valence-electron chi connectivity index (χ0n) is 14.7. The Bertz CT molecular complexity index is 545. The average molecular weight is 318 g/mol. The molecule has 1 atom stereocenters. The molecule has 0 aromatic carbocycles. The molecule has 1 aliphatic carbocycles. The fraction of sp³-hybridized carbons (Fsp3) is 0.778. The Balaban J connectivity index is 1.69. The second-order valence-electron chi connectivity index (χ2n) is 7.37. The van der Waals surface area contributed by atoms with Crippen molar-refractivity contribution in [3.63, 3.8) is 0 Å². The fourth-order valence-electron chi connectivity index (χ4n) is 3.98. The number of amides is 1. The van der Waals surface area contributed by atoms with Crippen LogP contribution < -0.4 is 5.32 Å². The van der Waals surface area contributed by atoms with Crippen molar-refractivity contribution in [3.8, 4) is 0 Å². The van der Waals surface area contributed by atoms with E-state index in [9.17, 15) is 4.79 Å². The van der Waals surface area contributed by atoms with Crippen LogP contribution in [0.4, 0.5) is 5.82 Å². The molecule has 3 rings (SSSR count). The number of nitrogens with one attached hydrogen (secondary N) is 1. The van der Waals surface area contributed by atoms with Crippen molar-refractivity contribution in [1.29, 1.82) is 0 Å². The summed E-state index contributed by atoms with van der Waals surface area (Å²) in [5.41, 5.74) is 1.20. The van der Waals surface area contributed by atoms with E-state index in [1.807, 2.05) is 4.90 Å². The molecule has 1 aromatic heterocycles. The predicted molar refractivity (Wildman–Crippen MR) is 92.6 cm³/mol. The molecule has 128 valence electrons. The minimum atomic E-state index is -0.125. The van der Waals surface area contributed by atoms with Crippen molar-refractivity contribution >= 4 is 11.7 Å². The van der Waals surface area contributed by atoms with E-state index in [-0.39, 0.29) is 18.0 Å². The summed E-state index contributed by atoms with van der Waals surface area (Å²) >= 11 is 0. The fourth-order valence-corrected chi connectivity index (χ4v) is 3.98. The summed E-state index contributed by atoms with van der Waals surface area (Å²) in [7, 11) is 0. The molecule has 0 radical (unpaired) electrons. The SMILES string of the molecule is Cc1cc(NC2CCCN(C(C)C)C2=O)nn1C1CCCCC1. The highest BCUT2D eigenvalue weighted by Gasteiger charge is 2.30. The lowest BCUT2D eigenvalue weighted by atomic mass is 9.95. The van der Waals surface area contributed by atoms with Crippen LogP contribution >= 0.6 is 0 Å². The standard InChI is InChI=1S/C18H30N4O/c1-13(2)21-11-7-10-16(18(21)23)19-17-12-14(3)22(20-17)15-8-5-4-6-9-15/h12-13,15-16H,4-11H2,1-3H3,(H,19,20). The van der Waals surface area contributed by atoms with Gasteiger partial charge >= 0.3 is 0 Å². The molecular formula is C18H30N4O. The van der Waals surface area contributed by atoms with E-state index >= 15 is 0 Å². The third-order valence-electron chi connectivity index (χ3n) is 5.26. The van der Waals surface area contributed by atoms with Gasteiger partial charge in [0.2, 0.25) is 5.91 Å². The molecule has 0 bridgehead atoms. The van der Waals surface area contributed by atoms with Crippen LogP contribution in [0.15, 0.2) is 6.07 Å². The molecule has 2 fully saturated rings. The first kappa shape index (κ1) is 16.3. The van der Waals surface area contributed by atoms with E-state index in [1.54, 1.807) is 0 Å². The van der Waals surface area contributed by atoms with Gasteiger partial charge in [0.1, 0.15) is 11.9 Å². The summed E-state index contributed by atoms with van der Waals surface area (Å²) in [5, 5.41) is 8.16. The molecule has 2 heterocycles. The molecule has 1 saturated carbocycles. The van der Waals surface area contributed by atoms with Gasteiger partial charge in [-0.2, -0.15) is 5.10 Å². The van der Waals surface area contributed by atoms with Gasteiger partial charge in [0.25, 0.3) is 0 Å². The van der Waals surface area contributed by atoms with Crippen molar-refractivity contribution in [1.82, 2.24) is 14.7 Å². The van der Waals surface area contributed by atoms with E-state index in [1.165, 1.54) is 37.8 Å². The largest absolute Gasteiger partial charge is 0.357 e. The summed E-state index contributed by atoms with van der Waals surface area (Å²) in [4.78, 5) is 14.6.